The van der Waals surface area contributed by atoms with E-state index < -0.39 is 23.7 Å². The second kappa shape index (κ2) is 17.9. The summed E-state index contributed by atoms with van der Waals surface area (Å²) in [6, 6.07) is -0.769. The summed E-state index contributed by atoms with van der Waals surface area (Å²) >= 11 is 0. The number of carbonyl (C=O) groups excluding carboxylic acids is 2. The highest BCUT2D eigenvalue weighted by Gasteiger charge is 2.32. The van der Waals surface area contributed by atoms with E-state index in [0.717, 1.165) is 24.8 Å². The molecule has 40 heavy (non-hydrogen) atoms. The van der Waals surface area contributed by atoms with Gasteiger partial charge in [-0.15, -0.1) is 0 Å². The second-order valence-electron chi connectivity index (χ2n) is 11.9. The van der Waals surface area contributed by atoms with Crippen LogP contribution in [-0.2, 0) is 28.5 Å². The predicted molar refractivity (Wildman–Crippen MR) is 156 cm³/mol. The topological polar surface area (TPSA) is 124 Å². The maximum atomic E-state index is 12.7. The summed E-state index contributed by atoms with van der Waals surface area (Å²) in [6.07, 6.45) is 8.12. The lowest BCUT2D eigenvalue weighted by Crippen LogP contribution is -2.44. The first-order valence-corrected chi connectivity index (χ1v) is 14.6. The number of ether oxygens (including phenoxy) is 4. The summed E-state index contributed by atoms with van der Waals surface area (Å²) in [7, 11) is 2.87. The predicted octanol–water partition coefficient (Wildman–Crippen LogP) is 4.10. The third kappa shape index (κ3) is 12.8. The molecule has 0 aromatic rings. The summed E-state index contributed by atoms with van der Waals surface area (Å²) < 4.78 is 22.8. The molecule has 1 aliphatic rings. The van der Waals surface area contributed by atoms with Crippen LogP contribution in [0.4, 0.5) is 0 Å². The number of hydrogen-bond donors (Lipinski definition) is 3. The number of nitrogens with one attached hydrogen (secondary N) is 1. The van der Waals surface area contributed by atoms with Gasteiger partial charge in [-0.2, -0.15) is 0 Å². The SMILES string of the molecule is COC(=O)[C@H](CCCO)NC(=O)C[C@H]1CC[C@H](C)[C@@H](/C(C)=C/C=C/[C@@H](C)CC(C)(C)OC(C)[C@@H](OC)[C@@H](C)O)O1. The van der Waals surface area contributed by atoms with Crippen LogP contribution in [0.3, 0.4) is 0 Å². The average Bonchev–Trinajstić information content (AvgIpc) is 2.86. The fraction of sp³-hybridized carbons (Fsp3) is 0.806. The van der Waals surface area contributed by atoms with Crippen molar-refractivity contribution in [1.82, 2.24) is 5.32 Å². The molecule has 0 aliphatic carbocycles. The van der Waals surface area contributed by atoms with Gasteiger partial charge in [-0.05, 0) is 84.1 Å². The zero-order chi connectivity index (χ0) is 30.5. The fourth-order valence-corrected chi connectivity index (χ4v) is 5.60. The van der Waals surface area contributed by atoms with Gasteiger partial charge in [-0.1, -0.05) is 32.1 Å². The van der Waals surface area contributed by atoms with Crippen molar-refractivity contribution in [3.05, 3.63) is 23.8 Å². The Bertz CT molecular complexity index is 824. The minimum Gasteiger partial charge on any atom is -0.467 e. The van der Waals surface area contributed by atoms with Gasteiger partial charge >= 0.3 is 5.97 Å². The Labute approximate surface area is 241 Å². The van der Waals surface area contributed by atoms with Crippen LogP contribution >= 0.6 is 0 Å². The Morgan fingerprint density at radius 3 is 2.42 bits per heavy atom. The molecule has 1 rings (SSSR count). The van der Waals surface area contributed by atoms with Gasteiger partial charge in [-0.25, -0.2) is 4.79 Å². The number of amides is 1. The van der Waals surface area contributed by atoms with Crippen LogP contribution in [0.5, 0.6) is 0 Å². The number of aliphatic hydroxyl groups excluding tert-OH is 2. The number of rotatable bonds is 17. The van der Waals surface area contributed by atoms with E-state index in [9.17, 15) is 14.7 Å². The van der Waals surface area contributed by atoms with E-state index in [0.29, 0.717) is 18.8 Å². The third-order valence-electron chi connectivity index (χ3n) is 7.46. The molecule has 1 saturated heterocycles. The van der Waals surface area contributed by atoms with Gasteiger partial charge in [-0.3, -0.25) is 4.79 Å². The Kier molecular flexibility index (Phi) is 16.2. The molecule has 1 amide bonds. The molecule has 0 spiro atoms. The molecule has 9 heteroatoms. The van der Waals surface area contributed by atoms with Crippen molar-refractivity contribution in [2.24, 2.45) is 11.8 Å². The average molecular weight is 570 g/mol. The normalized spacial score (nSPS) is 24.3. The molecule has 1 unspecified atom stereocenters. The highest BCUT2D eigenvalue weighted by atomic mass is 16.6. The summed E-state index contributed by atoms with van der Waals surface area (Å²) in [4.78, 5) is 24.6. The van der Waals surface area contributed by atoms with Gasteiger partial charge in [0.15, 0.2) is 0 Å². The van der Waals surface area contributed by atoms with E-state index in [1.165, 1.54) is 7.11 Å². The fourth-order valence-electron chi connectivity index (χ4n) is 5.60. The van der Waals surface area contributed by atoms with Crippen LogP contribution in [0.1, 0.15) is 87.0 Å². The number of hydrogen-bond acceptors (Lipinski definition) is 8. The van der Waals surface area contributed by atoms with Crippen LogP contribution in [0.15, 0.2) is 23.8 Å². The van der Waals surface area contributed by atoms with Crippen molar-refractivity contribution in [2.45, 2.75) is 129 Å². The molecule has 1 heterocycles. The quantitative estimate of drug-likeness (QED) is 0.177. The van der Waals surface area contributed by atoms with Gasteiger partial charge in [0.2, 0.25) is 5.91 Å². The van der Waals surface area contributed by atoms with Crippen molar-refractivity contribution in [3.8, 4) is 0 Å². The molecule has 232 valence electrons. The first-order chi connectivity index (χ1) is 18.7. The number of methoxy groups -OCH3 is 2. The molecule has 0 bridgehead atoms. The van der Waals surface area contributed by atoms with E-state index in [2.05, 4.69) is 58.2 Å². The van der Waals surface area contributed by atoms with Gasteiger partial charge < -0.3 is 34.5 Å². The summed E-state index contributed by atoms with van der Waals surface area (Å²) in [5.74, 6) is -0.189. The molecular formula is C31H55NO8. The lowest BCUT2D eigenvalue weighted by Gasteiger charge is -2.35. The van der Waals surface area contributed by atoms with E-state index in [-0.39, 0.29) is 49.3 Å². The maximum absolute atomic E-state index is 12.7. The lowest BCUT2D eigenvalue weighted by molar-refractivity contribution is -0.149. The summed E-state index contributed by atoms with van der Waals surface area (Å²) in [6.45, 7) is 14.0. The minimum atomic E-state index is -0.769. The van der Waals surface area contributed by atoms with Crippen molar-refractivity contribution >= 4 is 11.9 Å². The van der Waals surface area contributed by atoms with E-state index in [4.69, 9.17) is 24.1 Å². The van der Waals surface area contributed by atoms with E-state index >= 15 is 0 Å². The largest absolute Gasteiger partial charge is 0.467 e. The Morgan fingerprint density at radius 1 is 1.18 bits per heavy atom. The molecule has 1 aliphatic heterocycles. The van der Waals surface area contributed by atoms with Crippen molar-refractivity contribution < 1.29 is 38.7 Å². The van der Waals surface area contributed by atoms with Crippen LogP contribution in [0.2, 0.25) is 0 Å². The number of esters is 1. The Morgan fingerprint density at radius 2 is 1.85 bits per heavy atom. The van der Waals surface area contributed by atoms with Gasteiger partial charge in [0.1, 0.15) is 12.1 Å². The molecule has 1 fully saturated rings. The molecule has 8 atom stereocenters. The third-order valence-corrected chi connectivity index (χ3v) is 7.46. The van der Waals surface area contributed by atoms with Crippen LogP contribution in [0, 0.1) is 11.8 Å². The van der Waals surface area contributed by atoms with E-state index in [1.807, 2.05) is 6.92 Å². The van der Waals surface area contributed by atoms with Crippen LogP contribution < -0.4 is 5.32 Å². The standard InChI is InChI=1S/C31H55NO8/c1-20(19-31(6,7)40-24(5)29(37-8)23(4)34)12-10-13-21(2)28-22(3)15-16-25(39-28)18-27(35)32-26(14-11-17-33)30(36)38-9/h10,12-13,20,22-26,28-29,33-34H,11,14-19H2,1-9H3,(H,32,35)/b12-10+,21-13+/t20-,22+,23-,24?,25-,26+,28-,29+/m1/s1. The zero-order valence-electron chi connectivity index (χ0n) is 26.1. The lowest BCUT2D eigenvalue weighted by atomic mass is 9.88. The summed E-state index contributed by atoms with van der Waals surface area (Å²) in [5.41, 5.74) is 0.702. The molecule has 0 aromatic heterocycles. The molecule has 0 aromatic carbocycles. The highest BCUT2D eigenvalue weighted by molar-refractivity contribution is 5.84. The molecule has 0 radical (unpaired) electrons. The van der Waals surface area contributed by atoms with E-state index in [1.54, 1.807) is 14.0 Å². The number of aliphatic hydroxyl groups is 2. The first-order valence-electron chi connectivity index (χ1n) is 14.6. The van der Waals surface area contributed by atoms with Crippen molar-refractivity contribution in [3.63, 3.8) is 0 Å². The number of allylic oxidation sites excluding steroid dienone is 3. The minimum absolute atomic E-state index is 0.0585. The monoisotopic (exact) mass is 569 g/mol. The zero-order valence-corrected chi connectivity index (χ0v) is 26.1. The molecular weight excluding hydrogens is 514 g/mol. The van der Waals surface area contributed by atoms with Gasteiger partial charge in [0, 0.05) is 13.7 Å². The van der Waals surface area contributed by atoms with Gasteiger partial charge in [0.25, 0.3) is 0 Å². The highest BCUT2D eigenvalue weighted by Crippen LogP contribution is 2.31. The Balaban J connectivity index is 2.71. The van der Waals surface area contributed by atoms with Crippen LogP contribution in [-0.4, -0.2) is 85.1 Å². The first kappa shape index (κ1) is 36.2. The van der Waals surface area contributed by atoms with Crippen molar-refractivity contribution in [2.75, 3.05) is 20.8 Å². The molecule has 9 nitrogen and oxygen atoms in total. The molecule has 0 saturated carbocycles. The van der Waals surface area contributed by atoms with Gasteiger partial charge in [0.05, 0.1) is 43.5 Å². The smallest absolute Gasteiger partial charge is 0.328 e. The number of carbonyl (C=O) groups is 2. The van der Waals surface area contributed by atoms with Crippen molar-refractivity contribution in [1.29, 1.82) is 0 Å². The second-order valence-corrected chi connectivity index (χ2v) is 11.9. The Hall–Kier alpha value is -1.78. The molecule has 3 N–H and O–H groups in total. The summed E-state index contributed by atoms with van der Waals surface area (Å²) in [5, 5.41) is 21.7. The van der Waals surface area contributed by atoms with Crippen LogP contribution in [0.25, 0.3) is 0 Å². The maximum Gasteiger partial charge on any atom is 0.328 e.